The van der Waals surface area contributed by atoms with E-state index in [9.17, 15) is 18.0 Å². The molecule has 0 saturated heterocycles. The summed E-state index contributed by atoms with van der Waals surface area (Å²) < 4.78 is 32.0. The fourth-order valence-electron chi connectivity index (χ4n) is 2.50. The van der Waals surface area contributed by atoms with Crippen LogP contribution in [0.3, 0.4) is 0 Å². The van der Waals surface area contributed by atoms with Gasteiger partial charge in [-0.15, -0.1) is 0 Å². The van der Waals surface area contributed by atoms with Crippen molar-refractivity contribution >= 4 is 39.2 Å². The number of esters is 1. The van der Waals surface area contributed by atoms with Crippen LogP contribution in [0.1, 0.15) is 35.3 Å². The standard InChI is InChI=1S/C20H23ClN2O5S/c1-5-22-29(26,27)16-9-7-12(2)17(11-16)20(25)28-14(4)19(24)23-18-10-15(21)8-6-13(18)3/h6-11,14,22H,5H2,1-4H3,(H,23,24). The van der Waals surface area contributed by atoms with Gasteiger partial charge < -0.3 is 10.1 Å². The van der Waals surface area contributed by atoms with Crippen LogP contribution in [0.25, 0.3) is 0 Å². The zero-order valence-electron chi connectivity index (χ0n) is 16.6. The van der Waals surface area contributed by atoms with E-state index in [0.717, 1.165) is 5.56 Å². The van der Waals surface area contributed by atoms with Crippen LogP contribution >= 0.6 is 11.6 Å². The maximum absolute atomic E-state index is 12.6. The quantitative estimate of drug-likeness (QED) is 0.645. The van der Waals surface area contributed by atoms with Crippen LogP contribution in [0.5, 0.6) is 0 Å². The van der Waals surface area contributed by atoms with Crippen molar-refractivity contribution in [3.63, 3.8) is 0 Å². The average molecular weight is 439 g/mol. The van der Waals surface area contributed by atoms with Crippen molar-refractivity contribution in [2.75, 3.05) is 11.9 Å². The van der Waals surface area contributed by atoms with Crippen LogP contribution in [0.4, 0.5) is 5.69 Å². The van der Waals surface area contributed by atoms with Crippen LogP contribution in [0.15, 0.2) is 41.3 Å². The molecule has 1 amide bonds. The number of sulfonamides is 1. The monoisotopic (exact) mass is 438 g/mol. The van der Waals surface area contributed by atoms with Gasteiger partial charge in [0.05, 0.1) is 10.5 Å². The summed E-state index contributed by atoms with van der Waals surface area (Å²) in [7, 11) is -3.73. The molecule has 1 unspecified atom stereocenters. The maximum Gasteiger partial charge on any atom is 0.339 e. The summed E-state index contributed by atoms with van der Waals surface area (Å²) in [5, 5.41) is 3.13. The van der Waals surface area contributed by atoms with E-state index in [1.165, 1.54) is 25.1 Å². The zero-order valence-corrected chi connectivity index (χ0v) is 18.1. The number of benzene rings is 2. The number of carbonyl (C=O) groups excluding carboxylic acids is 2. The molecule has 156 valence electrons. The van der Waals surface area contributed by atoms with Gasteiger partial charge in [0, 0.05) is 17.3 Å². The van der Waals surface area contributed by atoms with E-state index in [1.54, 1.807) is 32.0 Å². The fraction of sp³-hybridized carbons (Fsp3) is 0.300. The highest BCUT2D eigenvalue weighted by molar-refractivity contribution is 7.89. The molecular weight excluding hydrogens is 416 g/mol. The molecule has 2 aromatic carbocycles. The molecule has 0 saturated carbocycles. The second-order valence-electron chi connectivity index (χ2n) is 6.47. The SMILES string of the molecule is CCNS(=O)(=O)c1ccc(C)c(C(=O)OC(C)C(=O)Nc2cc(Cl)ccc2C)c1. The number of aryl methyl sites for hydroxylation is 2. The Morgan fingerprint density at radius 1 is 1.10 bits per heavy atom. The third-order valence-corrected chi connectivity index (χ3v) is 5.96. The van der Waals surface area contributed by atoms with Crippen molar-refractivity contribution in [1.29, 1.82) is 0 Å². The molecule has 2 rings (SSSR count). The molecule has 9 heteroatoms. The highest BCUT2D eigenvalue weighted by Gasteiger charge is 2.23. The molecule has 2 N–H and O–H groups in total. The molecule has 0 aliphatic heterocycles. The van der Waals surface area contributed by atoms with E-state index in [-0.39, 0.29) is 17.0 Å². The van der Waals surface area contributed by atoms with Crippen LogP contribution in [0, 0.1) is 13.8 Å². The van der Waals surface area contributed by atoms with Crippen LogP contribution in [-0.4, -0.2) is 32.9 Å². The van der Waals surface area contributed by atoms with Gasteiger partial charge in [0.1, 0.15) is 0 Å². The summed E-state index contributed by atoms with van der Waals surface area (Å²) in [4.78, 5) is 24.9. The van der Waals surface area contributed by atoms with Crippen LogP contribution < -0.4 is 10.0 Å². The number of carbonyl (C=O) groups is 2. The first kappa shape index (κ1) is 22.9. The average Bonchev–Trinajstić information content (AvgIpc) is 2.64. The summed E-state index contributed by atoms with van der Waals surface area (Å²) in [6.45, 7) is 6.77. The first-order valence-corrected chi connectivity index (χ1v) is 10.8. The molecule has 0 spiro atoms. The van der Waals surface area contributed by atoms with E-state index in [0.29, 0.717) is 16.3 Å². The minimum Gasteiger partial charge on any atom is -0.449 e. The van der Waals surface area contributed by atoms with E-state index in [2.05, 4.69) is 10.0 Å². The fourth-order valence-corrected chi connectivity index (χ4v) is 3.74. The Morgan fingerprint density at radius 3 is 2.41 bits per heavy atom. The molecule has 29 heavy (non-hydrogen) atoms. The van der Waals surface area contributed by atoms with Crippen LogP contribution in [-0.2, 0) is 19.6 Å². The molecule has 0 aromatic heterocycles. The number of hydrogen-bond acceptors (Lipinski definition) is 5. The molecule has 1 atom stereocenters. The Bertz CT molecular complexity index is 1040. The third-order valence-electron chi connectivity index (χ3n) is 4.18. The van der Waals surface area contributed by atoms with Crippen molar-refractivity contribution in [3.8, 4) is 0 Å². The second kappa shape index (κ2) is 9.39. The molecule has 0 aliphatic rings. The Kier molecular flexibility index (Phi) is 7.40. The number of amides is 1. The first-order valence-electron chi connectivity index (χ1n) is 8.93. The number of rotatable bonds is 7. The van der Waals surface area contributed by atoms with Crippen LogP contribution in [0.2, 0.25) is 5.02 Å². The zero-order chi connectivity index (χ0) is 21.8. The van der Waals surface area contributed by atoms with Gasteiger partial charge in [0.25, 0.3) is 5.91 Å². The van der Waals surface area contributed by atoms with Gasteiger partial charge in [0.2, 0.25) is 10.0 Å². The minimum absolute atomic E-state index is 0.0523. The molecule has 0 radical (unpaired) electrons. The van der Waals surface area contributed by atoms with Crippen molar-refractivity contribution in [3.05, 3.63) is 58.1 Å². The number of halogens is 1. The molecule has 0 aliphatic carbocycles. The van der Waals surface area contributed by atoms with E-state index in [4.69, 9.17) is 16.3 Å². The molecule has 2 aromatic rings. The summed E-state index contributed by atoms with van der Waals surface area (Å²) in [5.41, 5.74) is 1.92. The highest BCUT2D eigenvalue weighted by atomic mass is 35.5. The lowest BCUT2D eigenvalue weighted by Gasteiger charge is -2.16. The van der Waals surface area contributed by atoms with Gasteiger partial charge in [-0.25, -0.2) is 17.9 Å². The molecule has 0 bridgehead atoms. The predicted octanol–water partition coefficient (Wildman–Crippen LogP) is 3.44. The Morgan fingerprint density at radius 2 is 1.76 bits per heavy atom. The van der Waals surface area contributed by atoms with E-state index in [1.807, 2.05) is 6.92 Å². The van der Waals surface area contributed by atoms with E-state index >= 15 is 0 Å². The lowest BCUT2D eigenvalue weighted by molar-refractivity contribution is -0.123. The van der Waals surface area contributed by atoms with Gasteiger partial charge in [-0.1, -0.05) is 30.7 Å². The van der Waals surface area contributed by atoms with Gasteiger partial charge in [-0.2, -0.15) is 0 Å². The Balaban J connectivity index is 2.16. The smallest absolute Gasteiger partial charge is 0.339 e. The summed E-state index contributed by atoms with van der Waals surface area (Å²) in [5.74, 6) is -1.32. The van der Waals surface area contributed by atoms with Gasteiger partial charge in [-0.05, 0) is 56.2 Å². The third kappa shape index (κ3) is 5.79. The Labute approximate surface area is 175 Å². The first-order chi connectivity index (χ1) is 13.5. The topological polar surface area (TPSA) is 102 Å². The number of nitrogens with one attached hydrogen (secondary N) is 2. The largest absolute Gasteiger partial charge is 0.449 e. The van der Waals surface area contributed by atoms with Gasteiger partial charge in [-0.3, -0.25) is 4.79 Å². The molecule has 0 heterocycles. The molecule has 7 nitrogen and oxygen atoms in total. The van der Waals surface area contributed by atoms with Crippen molar-refractivity contribution in [2.45, 2.75) is 38.7 Å². The van der Waals surface area contributed by atoms with Crippen molar-refractivity contribution in [2.24, 2.45) is 0 Å². The maximum atomic E-state index is 12.6. The van der Waals surface area contributed by atoms with Crippen molar-refractivity contribution < 1.29 is 22.7 Å². The van der Waals surface area contributed by atoms with Gasteiger partial charge in [0.15, 0.2) is 6.10 Å². The molecular formula is C20H23ClN2O5S. The number of ether oxygens (including phenoxy) is 1. The second-order valence-corrected chi connectivity index (χ2v) is 8.68. The predicted molar refractivity (Wildman–Crippen MR) is 112 cm³/mol. The Hall–Kier alpha value is -2.42. The minimum atomic E-state index is -3.73. The normalized spacial score (nSPS) is 12.3. The molecule has 0 fully saturated rings. The lowest BCUT2D eigenvalue weighted by Crippen LogP contribution is -2.30. The lowest BCUT2D eigenvalue weighted by atomic mass is 10.1. The number of anilines is 1. The van der Waals surface area contributed by atoms with Crippen molar-refractivity contribution in [1.82, 2.24) is 4.72 Å². The van der Waals surface area contributed by atoms with E-state index < -0.39 is 28.0 Å². The summed E-state index contributed by atoms with van der Waals surface area (Å²) >= 11 is 5.94. The summed E-state index contributed by atoms with van der Waals surface area (Å²) in [6, 6.07) is 9.22. The number of hydrogen-bond donors (Lipinski definition) is 2. The summed E-state index contributed by atoms with van der Waals surface area (Å²) in [6.07, 6.45) is -1.10. The highest BCUT2D eigenvalue weighted by Crippen LogP contribution is 2.21. The van der Waals surface area contributed by atoms with Gasteiger partial charge >= 0.3 is 5.97 Å².